The highest BCUT2D eigenvalue weighted by atomic mass is 32.2. The Kier molecular flexibility index (Phi) is 3.66. The molecule has 0 radical (unpaired) electrons. The van der Waals surface area contributed by atoms with E-state index >= 15 is 0 Å². The number of para-hydroxylation sites is 1. The summed E-state index contributed by atoms with van der Waals surface area (Å²) in [6, 6.07) is 13.7. The Morgan fingerprint density at radius 1 is 1.15 bits per heavy atom. The molecule has 0 aliphatic carbocycles. The first-order valence-corrected chi connectivity index (χ1v) is 7.17. The van der Waals surface area contributed by atoms with E-state index in [1.807, 2.05) is 36.4 Å². The van der Waals surface area contributed by atoms with E-state index in [1.54, 1.807) is 18.0 Å². The summed E-state index contributed by atoms with van der Waals surface area (Å²) in [6.45, 7) is 0. The number of hydrogen-bond acceptors (Lipinski definition) is 5. The van der Waals surface area contributed by atoms with Gasteiger partial charge in [-0.05, 0) is 18.2 Å². The number of furan rings is 1. The number of fused-ring (bicyclic) bond motifs is 1. The predicted molar refractivity (Wildman–Crippen MR) is 78.2 cm³/mol. The molecule has 4 nitrogen and oxygen atoms in total. The molecule has 5 heteroatoms. The molecule has 20 heavy (non-hydrogen) atoms. The monoisotopic (exact) mass is 281 g/mol. The molecule has 0 N–H and O–H groups in total. The van der Waals surface area contributed by atoms with Crippen LogP contribution >= 0.6 is 11.8 Å². The summed E-state index contributed by atoms with van der Waals surface area (Å²) in [7, 11) is 0. The predicted octanol–water partition coefficient (Wildman–Crippen LogP) is 3.90. The number of thioether (sulfide) groups is 1. The average molecular weight is 281 g/mol. The van der Waals surface area contributed by atoms with Crippen molar-refractivity contribution in [3.8, 4) is 17.7 Å². The molecule has 0 aliphatic rings. The van der Waals surface area contributed by atoms with Gasteiger partial charge in [0.15, 0.2) is 11.6 Å². The molecule has 0 atom stereocenters. The lowest BCUT2D eigenvalue weighted by Crippen LogP contribution is -1.93. The highest BCUT2D eigenvalue weighted by Crippen LogP contribution is 2.28. The normalized spacial score (nSPS) is 10.6. The van der Waals surface area contributed by atoms with Gasteiger partial charge in [0.2, 0.25) is 0 Å². The van der Waals surface area contributed by atoms with Crippen LogP contribution in [0.5, 0.6) is 0 Å². The fourth-order valence-corrected chi connectivity index (χ4v) is 2.73. The molecule has 0 fully saturated rings. The van der Waals surface area contributed by atoms with E-state index in [-0.39, 0.29) is 0 Å². The maximum atomic E-state index is 8.65. The van der Waals surface area contributed by atoms with Gasteiger partial charge in [0.1, 0.15) is 5.03 Å². The van der Waals surface area contributed by atoms with Gasteiger partial charge in [0, 0.05) is 17.6 Å². The van der Waals surface area contributed by atoms with Crippen LogP contribution in [0.2, 0.25) is 0 Å². The fraction of sp³-hybridized carbons (Fsp3) is 0.133. The minimum Gasteiger partial charge on any atom is -0.461 e. The number of rotatable bonds is 4. The minimum absolute atomic E-state index is 0.499. The molecule has 98 valence electrons. The summed E-state index contributed by atoms with van der Waals surface area (Å²) >= 11 is 1.57. The first-order valence-electron chi connectivity index (χ1n) is 6.19. The lowest BCUT2D eigenvalue weighted by Gasteiger charge is -2.06. The van der Waals surface area contributed by atoms with Crippen molar-refractivity contribution in [1.29, 1.82) is 5.26 Å². The van der Waals surface area contributed by atoms with Crippen LogP contribution in [0.1, 0.15) is 6.42 Å². The van der Waals surface area contributed by atoms with Gasteiger partial charge in [0.25, 0.3) is 0 Å². The second-order valence-corrected chi connectivity index (χ2v) is 5.19. The molecular formula is C15H11N3OS. The Labute approximate surface area is 120 Å². The van der Waals surface area contributed by atoms with Crippen molar-refractivity contribution in [2.75, 3.05) is 5.75 Å². The molecule has 0 saturated heterocycles. The number of hydrogen-bond donors (Lipinski definition) is 0. The van der Waals surface area contributed by atoms with Crippen molar-refractivity contribution in [2.45, 2.75) is 11.4 Å². The van der Waals surface area contributed by atoms with Crippen molar-refractivity contribution in [2.24, 2.45) is 0 Å². The molecule has 0 unspecified atom stereocenters. The SMILES string of the molecule is N#CCCSc1nc(-c2ccco2)nc2ccccc12. The standard InChI is InChI=1S/C15H11N3OS/c16-8-4-10-20-15-11-5-1-2-6-12(11)17-14(18-15)13-7-3-9-19-13/h1-3,5-7,9H,4,10H2. The van der Waals surface area contributed by atoms with Gasteiger partial charge in [0.05, 0.1) is 17.8 Å². The van der Waals surface area contributed by atoms with E-state index in [4.69, 9.17) is 9.68 Å². The zero-order valence-corrected chi connectivity index (χ0v) is 11.4. The zero-order valence-electron chi connectivity index (χ0n) is 10.6. The second kappa shape index (κ2) is 5.76. The van der Waals surface area contributed by atoms with Crippen LogP contribution in [0.3, 0.4) is 0 Å². The summed E-state index contributed by atoms with van der Waals surface area (Å²) in [5.41, 5.74) is 0.883. The first kappa shape index (κ1) is 12.7. The van der Waals surface area contributed by atoms with E-state index in [2.05, 4.69) is 16.0 Å². The molecule has 0 amide bonds. The topological polar surface area (TPSA) is 62.7 Å². The van der Waals surface area contributed by atoms with Crippen molar-refractivity contribution in [3.05, 3.63) is 42.7 Å². The average Bonchev–Trinajstić information content (AvgIpc) is 3.01. The van der Waals surface area contributed by atoms with Gasteiger partial charge >= 0.3 is 0 Å². The summed E-state index contributed by atoms with van der Waals surface area (Å²) in [5.74, 6) is 1.95. The Morgan fingerprint density at radius 2 is 2.05 bits per heavy atom. The Balaban J connectivity index is 2.08. The molecule has 0 saturated carbocycles. The second-order valence-electron chi connectivity index (χ2n) is 4.10. The summed E-state index contributed by atoms with van der Waals surface area (Å²) < 4.78 is 5.36. The van der Waals surface area contributed by atoms with Crippen molar-refractivity contribution in [1.82, 2.24) is 9.97 Å². The number of benzene rings is 1. The summed E-state index contributed by atoms with van der Waals surface area (Å²) in [4.78, 5) is 9.09. The van der Waals surface area contributed by atoms with E-state index in [9.17, 15) is 0 Å². The summed E-state index contributed by atoms with van der Waals surface area (Å²) in [6.07, 6.45) is 2.11. The lowest BCUT2D eigenvalue weighted by molar-refractivity contribution is 0.577. The van der Waals surface area contributed by atoms with Gasteiger partial charge in [-0.3, -0.25) is 0 Å². The van der Waals surface area contributed by atoms with Gasteiger partial charge in [-0.15, -0.1) is 11.8 Å². The first-order chi connectivity index (χ1) is 9.88. The Bertz CT molecular complexity index is 762. The van der Waals surface area contributed by atoms with Gasteiger partial charge in [-0.1, -0.05) is 18.2 Å². The van der Waals surface area contributed by atoms with Crippen molar-refractivity contribution in [3.63, 3.8) is 0 Å². The van der Waals surface area contributed by atoms with E-state index in [0.29, 0.717) is 18.0 Å². The zero-order chi connectivity index (χ0) is 13.8. The van der Waals surface area contributed by atoms with E-state index < -0.39 is 0 Å². The number of nitriles is 1. The highest BCUT2D eigenvalue weighted by Gasteiger charge is 2.11. The van der Waals surface area contributed by atoms with Crippen LogP contribution < -0.4 is 0 Å². The van der Waals surface area contributed by atoms with Gasteiger partial charge < -0.3 is 4.42 Å². The van der Waals surface area contributed by atoms with E-state index in [0.717, 1.165) is 21.7 Å². The summed E-state index contributed by atoms with van der Waals surface area (Å²) in [5, 5.41) is 10.5. The molecule has 1 aromatic carbocycles. The smallest absolute Gasteiger partial charge is 0.197 e. The molecule has 0 aliphatic heterocycles. The van der Waals surface area contributed by atoms with Crippen LogP contribution in [0.15, 0.2) is 52.1 Å². The van der Waals surface area contributed by atoms with Crippen LogP contribution in [-0.4, -0.2) is 15.7 Å². The van der Waals surface area contributed by atoms with Gasteiger partial charge in [-0.25, -0.2) is 9.97 Å². The third-order valence-corrected chi connectivity index (χ3v) is 3.76. The maximum absolute atomic E-state index is 8.65. The van der Waals surface area contributed by atoms with Gasteiger partial charge in [-0.2, -0.15) is 5.26 Å². The molecule has 2 heterocycles. The molecule has 2 aromatic heterocycles. The van der Waals surface area contributed by atoms with Crippen LogP contribution in [-0.2, 0) is 0 Å². The lowest BCUT2D eigenvalue weighted by atomic mass is 10.2. The van der Waals surface area contributed by atoms with Crippen LogP contribution in [0, 0.1) is 11.3 Å². The largest absolute Gasteiger partial charge is 0.461 e. The fourth-order valence-electron chi connectivity index (χ4n) is 1.87. The maximum Gasteiger partial charge on any atom is 0.197 e. The molecular weight excluding hydrogens is 270 g/mol. The van der Waals surface area contributed by atoms with Crippen molar-refractivity contribution >= 4 is 22.7 Å². The third-order valence-electron chi connectivity index (χ3n) is 2.76. The minimum atomic E-state index is 0.499. The Morgan fingerprint density at radius 3 is 2.85 bits per heavy atom. The molecule has 3 rings (SSSR count). The molecule has 0 bridgehead atoms. The van der Waals surface area contributed by atoms with Crippen LogP contribution in [0.4, 0.5) is 0 Å². The molecule has 3 aromatic rings. The Hall–Kier alpha value is -2.32. The van der Waals surface area contributed by atoms with Crippen LogP contribution in [0.25, 0.3) is 22.5 Å². The third kappa shape index (κ3) is 2.51. The quantitative estimate of drug-likeness (QED) is 0.412. The van der Waals surface area contributed by atoms with Crippen molar-refractivity contribution < 1.29 is 4.42 Å². The highest BCUT2D eigenvalue weighted by molar-refractivity contribution is 7.99. The van der Waals surface area contributed by atoms with E-state index in [1.165, 1.54) is 0 Å². The number of nitrogens with zero attached hydrogens (tertiary/aromatic N) is 3. The molecule has 0 spiro atoms. The number of aromatic nitrogens is 2.